The van der Waals surface area contributed by atoms with Crippen LogP contribution in [0.1, 0.15) is 11.1 Å². The number of amides is 1. The lowest BCUT2D eigenvalue weighted by molar-refractivity contribution is -0.129. The van der Waals surface area contributed by atoms with Crippen molar-refractivity contribution in [2.75, 3.05) is 5.75 Å². The molecule has 0 spiro atoms. The van der Waals surface area contributed by atoms with Gasteiger partial charge in [0.15, 0.2) is 11.0 Å². The summed E-state index contributed by atoms with van der Waals surface area (Å²) in [5.41, 5.74) is 3.65. The highest BCUT2D eigenvalue weighted by Gasteiger charge is 2.20. The number of hydrogen-bond donors (Lipinski definition) is 0. The van der Waals surface area contributed by atoms with Gasteiger partial charge in [-0.15, -0.1) is 10.2 Å². The third-order valence-corrected chi connectivity index (χ3v) is 6.68. The van der Waals surface area contributed by atoms with Gasteiger partial charge in [-0.25, -0.2) is 4.39 Å². The summed E-state index contributed by atoms with van der Waals surface area (Å²) < 4.78 is 15.5. The van der Waals surface area contributed by atoms with Gasteiger partial charge in [-0.2, -0.15) is 0 Å². The van der Waals surface area contributed by atoms with Gasteiger partial charge in [0.1, 0.15) is 5.82 Å². The van der Waals surface area contributed by atoms with Crippen molar-refractivity contribution in [1.29, 1.82) is 0 Å². The smallest absolute Gasteiger partial charge is 0.233 e. The summed E-state index contributed by atoms with van der Waals surface area (Å²) in [5, 5.41) is 9.32. The highest BCUT2D eigenvalue weighted by Crippen LogP contribution is 2.28. The fraction of sp³-hybridized carbons (Fsp3) is 0.103. The molecule has 0 radical (unpaired) electrons. The van der Waals surface area contributed by atoms with Gasteiger partial charge in [0.25, 0.3) is 0 Å². The Kier molecular flexibility index (Phi) is 7.66. The van der Waals surface area contributed by atoms with Crippen LogP contribution in [-0.4, -0.2) is 36.3 Å². The molecule has 0 aliphatic heterocycles. The summed E-state index contributed by atoms with van der Waals surface area (Å²) in [4.78, 5) is 19.4. The first-order chi connectivity index (χ1) is 18.2. The lowest BCUT2D eigenvalue weighted by Gasteiger charge is -2.23. The number of pyridine rings is 1. The lowest BCUT2D eigenvalue weighted by Crippen LogP contribution is -2.31. The summed E-state index contributed by atoms with van der Waals surface area (Å²) in [6, 6.07) is 29.7. The molecule has 1 amide bonds. The highest BCUT2D eigenvalue weighted by molar-refractivity contribution is 7.99. The van der Waals surface area contributed by atoms with Crippen LogP contribution < -0.4 is 0 Å². The number of aromatic nitrogens is 4. The van der Waals surface area contributed by atoms with Gasteiger partial charge in [0.2, 0.25) is 5.91 Å². The van der Waals surface area contributed by atoms with Crippen LogP contribution in [0.5, 0.6) is 0 Å². The molecular formula is C29H24FN5OS. The molecule has 2 aromatic heterocycles. The van der Waals surface area contributed by atoms with E-state index in [9.17, 15) is 9.18 Å². The molecule has 0 atom stereocenters. The van der Waals surface area contributed by atoms with Gasteiger partial charge in [-0.1, -0.05) is 72.4 Å². The third-order valence-electron chi connectivity index (χ3n) is 5.77. The van der Waals surface area contributed by atoms with E-state index in [4.69, 9.17) is 0 Å². The minimum atomic E-state index is -0.330. The van der Waals surface area contributed by atoms with Crippen molar-refractivity contribution in [2.24, 2.45) is 0 Å². The second kappa shape index (κ2) is 11.6. The summed E-state index contributed by atoms with van der Waals surface area (Å²) in [5.74, 6) is 0.422. The molecule has 0 bridgehead atoms. The molecule has 5 rings (SSSR count). The zero-order valence-electron chi connectivity index (χ0n) is 19.9. The fourth-order valence-electron chi connectivity index (χ4n) is 3.93. The van der Waals surface area contributed by atoms with Crippen molar-refractivity contribution in [3.05, 3.63) is 126 Å². The molecule has 0 N–H and O–H groups in total. The summed E-state index contributed by atoms with van der Waals surface area (Å²) >= 11 is 1.31. The van der Waals surface area contributed by atoms with Crippen LogP contribution in [-0.2, 0) is 17.9 Å². The first kappa shape index (κ1) is 24.4. The molecular weight excluding hydrogens is 485 g/mol. The molecule has 5 aromatic rings. The fourth-order valence-corrected chi connectivity index (χ4v) is 4.79. The van der Waals surface area contributed by atoms with E-state index in [1.54, 1.807) is 24.5 Å². The average molecular weight is 510 g/mol. The van der Waals surface area contributed by atoms with Gasteiger partial charge < -0.3 is 4.90 Å². The van der Waals surface area contributed by atoms with E-state index >= 15 is 0 Å². The zero-order valence-corrected chi connectivity index (χ0v) is 20.8. The van der Waals surface area contributed by atoms with E-state index in [2.05, 4.69) is 15.2 Å². The van der Waals surface area contributed by atoms with Crippen LogP contribution in [0.15, 0.2) is 115 Å². The minimum absolute atomic E-state index is 0.0168. The predicted molar refractivity (Wildman–Crippen MR) is 142 cm³/mol. The Morgan fingerprint density at radius 2 is 1.38 bits per heavy atom. The van der Waals surface area contributed by atoms with E-state index in [0.29, 0.717) is 29.8 Å². The minimum Gasteiger partial charge on any atom is -0.333 e. The molecule has 0 saturated heterocycles. The van der Waals surface area contributed by atoms with Gasteiger partial charge in [0.05, 0.1) is 5.75 Å². The van der Waals surface area contributed by atoms with Crippen molar-refractivity contribution < 1.29 is 9.18 Å². The molecule has 0 fully saturated rings. The lowest BCUT2D eigenvalue weighted by atomic mass is 10.1. The SMILES string of the molecule is O=C(CSc1nnc(-c2ccncc2)n1-c1ccc(F)cc1)N(Cc1ccccc1)Cc1ccccc1. The predicted octanol–water partition coefficient (Wildman–Crippen LogP) is 5.79. The second-order valence-electron chi connectivity index (χ2n) is 8.36. The first-order valence-corrected chi connectivity index (χ1v) is 12.8. The van der Waals surface area contributed by atoms with Crippen LogP contribution in [0.2, 0.25) is 0 Å². The number of thioether (sulfide) groups is 1. The highest BCUT2D eigenvalue weighted by atomic mass is 32.2. The number of nitrogens with zero attached hydrogens (tertiary/aromatic N) is 5. The van der Waals surface area contributed by atoms with Gasteiger partial charge >= 0.3 is 0 Å². The molecule has 3 aromatic carbocycles. The maximum atomic E-state index is 13.6. The van der Waals surface area contributed by atoms with E-state index in [-0.39, 0.29) is 17.5 Å². The number of carbonyl (C=O) groups is 1. The number of benzene rings is 3. The maximum Gasteiger partial charge on any atom is 0.233 e. The topological polar surface area (TPSA) is 63.9 Å². The van der Waals surface area contributed by atoms with Crippen LogP contribution in [0, 0.1) is 5.82 Å². The van der Waals surface area contributed by atoms with E-state index in [0.717, 1.165) is 16.7 Å². The number of halogens is 1. The number of carbonyl (C=O) groups excluding carboxylic acids is 1. The van der Waals surface area contributed by atoms with Crippen molar-refractivity contribution >= 4 is 17.7 Å². The van der Waals surface area contributed by atoms with Crippen LogP contribution in [0.4, 0.5) is 4.39 Å². The van der Waals surface area contributed by atoms with Crippen molar-refractivity contribution in [3.63, 3.8) is 0 Å². The van der Waals surface area contributed by atoms with Gasteiger partial charge in [-0.3, -0.25) is 14.3 Å². The number of hydrogen-bond acceptors (Lipinski definition) is 5. The zero-order chi connectivity index (χ0) is 25.5. The van der Waals surface area contributed by atoms with E-state index in [1.165, 1.54) is 23.9 Å². The van der Waals surface area contributed by atoms with E-state index < -0.39 is 0 Å². The largest absolute Gasteiger partial charge is 0.333 e. The Morgan fingerprint density at radius 3 is 1.97 bits per heavy atom. The Morgan fingerprint density at radius 1 is 0.784 bits per heavy atom. The summed E-state index contributed by atoms with van der Waals surface area (Å²) in [7, 11) is 0. The standard InChI is InChI=1S/C29H24FN5OS/c30-25-11-13-26(14-12-25)35-28(24-15-17-31-18-16-24)32-33-29(35)37-21-27(36)34(19-22-7-3-1-4-8-22)20-23-9-5-2-6-10-23/h1-18H,19-21H2. The molecule has 0 aliphatic rings. The normalized spacial score (nSPS) is 10.8. The number of rotatable bonds is 9. The molecule has 0 unspecified atom stereocenters. The van der Waals surface area contributed by atoms with Crippen molar-refractivity contribution in [1.82, 2.24) is 24.6 Å². The Bertz CT molecular complexity index is 1400. The average Bonchev–Trinajstić information content (AvgIpc) is 3.37. The molecule has 0 saturated carbocycles. The van der Waals surface area contributed by atoms with Crippen LogP contribution in [0.3, 0.4) is 0 Å². The van der Waals surface area contributed by atoms with E-state index in [1.807, 2.05) is 82.3 Å². The Hall–Kier alpha value is -4.30. The molecule has 6 nitrogen and oxygen atoms in total. The quantitative estimate of drug-likeness (QED) is 0.235. The van der Waals surface area contributed by atoms with Gasteiger partial charge in [0, 0.05) is 36.7 Å². The summed E-state index contributed by atoms with van der Waals surface area (Å²) in [6.07, 6.45) is 3.36. The molecule has 37 heavy (non-hydrogen) atoms. The maximum absolute atomic E-state index is 13.6. The van der Waals surface area contributed by atoms with Crippen molar-refractivity contribution in [2.45, 2.75) is 18.2 Å². The Labute approximate surface area is 218 Å². The molecule has 184 valence electrons. The van der Waals surface area contributed by atoms with Crippen LogP contribution in [0.25, 0.3) is 17.1 Å². The first-order valence-electron chi connectivity index (χ1n) is 11.8. The van der Waals surface area contributed by atoms with Gasteiger partial charge in [-0.05, 0) is 47.5 Å². The molecule has 0 aliphatic carbocycles. The molecule has 8 heteroatoms. The van der Waals surface area contributed by atoms with Crippen LogP contribution >= 0.6 is 11.8 Å². The summed E-state index contributed by atoms with van der Waals surface area (Å²) in [6.45, 7) is 1.00. The Balaban J connectivity index is 1.40. The second-order valence-corrected chi connectivity index (χ2v) is 9.31. The monoisotopic (exact) mass is 509 g/mol. The van der Waals surface area contributed by atoms with Crippen molar-refractivity contribution in [3.8, 4) is 17.1 Å². The molecule has 2 heterocycles. The third kappa shape index (κ3) is 6.10.